The fourth-order valence-electron chi connectivity index (χ4n) is 14.1. The largest absolute Gasteiger partial charge is 0.457 e. The molecule has 14 atom stereocenters. The summed E-state index contributed by atoms with van der Waals surface area (Å²) < 4.78 is 25.6. The normalized spacial score (nSPS) is 49.9. The zero-order chi connectivity index (χ0) is 35.7. The number of carbonyl (C=O) groups excluding carboxylic acids is 1. The summed E-state index contributed by atoms with van der Waals surface area (Å²) in [7, 11) is 0. The van der Waals surface area contributed by atoms with E-state index in [9.17, 15) is 20.1 Å². The number of aliphatic hydroxyl groups excluding tert-OH is 2. The van der Waals surface area contributed by atoms with Crippen molar-refractivity contribution in [1.29, 1.82) is 0 Å². The lowest BCUT2D eigenvalue weighted by atomic mass is 9.41. The van der Waals surface area contributed by atoms with Crippen molar-refractivity contribution in [2.45, 2.75) is 169 Å². The first-order valence-corrected chi connectivity index (χ1v) is 19.6. The van der Waals surface area contributed by atoms with Gasteiger partial charge in [0.05, 0.1) is 49.8 Å². The molecule has 49 heavy (non-hydrogen) atoms. The Kier molecular flexibility index (Phi) is 8.65. The molecular weight excluding hydrogens is 622 g/mol. The molecule has 2 spiro atoms. The van der Waals surface area contributed by atoms with E-state index in [-0.39, 0.29) is 69.6 Å². The SMILES string of the molecule is CC(=O)OC(C1CC(C)C2C(O1)C(O)C1(C)C3CCC4C(C)(C)C(OC5CN(C(C)(C)CO)CCO5)CCC45CC35CCC21C)C(C)(C)O. The molecule has 0 radical (unpaired) electrons. The standard InChI is InChI=1S/C40H67NO8/c1-23-19-25(33(36(7,8)45)47-24(2)43)48-31-30(23)37(9)15-16-40-21-39(40)14-13-28(49-29-20-41(17-18-46-29)34(3,4)22-42)35(5,6)26(39)11-12-27(40)38(37,10)32(31)44/h23,25-33,42,44-45H,11-22H2,1-10H3. The van der Waals surface area contributed by atoms with Crippen LogP contribution < -0.4 is 0 Å². The van der Waals surface area contributed by atoms with Crippen LogP contribution in [0.5, 0.6) is 0 Å². The molecule has 9 nitrogen and oxygen atoms in total. The molecule has 280 valence electrons. The van der Waals surface area contributed by atoms with Gasteiger partial charge in [0.1, 0.15) is 0 Å². The third kappa shape index (κ3) is 5.05. The monoisotopic (exact) mass is 689 g/mol. The number of nitrogens with zero attached hydrogens (tertiary/aromatic N) is 1. The molecule has 2 saturated heterocycles. The molecule has 5 aliphatic carbocycles. The summed E-state index contributed by atoms with van der Waals surface area (Å²) in [5.41, 5.74) is -1.39. The van der Waals surface area contributed by atoms with Gasteiger partial charge in [-0.05, 0) is 124 Å². The molecule has 0 bridgehead atoms. The molecule has 3 N–H and O–H groups in total. The van der Waals surface area contributed by atoms with E-state index in [1.165, 1.54) is 26.2 Å². The van der Waals surface area contributed by atoms with Gasteiger partial charge in [-0.15, -0.1) is 0 Å². The predicted octanol–water partition coefficient (Wildman–Crippen LogP) is 5.32. The number of morpholine rings is 1. The van der Waals surface area contributed by atoms with E-state index in [2.05, 4.69) is 53.4 Å². The topological polar surface area (TPSA) is 118 Å². The van der Waals surface area contributed by atoms with Crippen LogP contribution in [0.15, 0.2) is 0 Å². The molecule has 0 aromatic rings. The van der Waals surface area contributed by atoms with Crippen LogP contribution in [0.3, 0.4) is 0 Å². The fourth-order valence-corrected chi connectivity index (χ4v) is 14.1. The lowest BCUT2D eigenvalue weighted by molar-refractivity contribution is -0.254. The summed E-state index contributed by atoms with van der Waals surface area (Å²) in [6.07, 6.45) is 6.32. The summed E-state index contributed by atoms with van der Waals surface area (Å²) in [4.78, 5) is 14.4. The molecule has 2 aliphatic heterocycles. The Morgan fingerprint density at radius 3 is 2.35 bits per heavy atom. The highest BCUT2D eigenvalue weighted by molar-refractivity contribution is 5.66. The summed E-state index contributed by atoms with van der Waals surface area (Å²) >= 11 is 0. The Balaban J connectivity index is 1.12. The van der Waals surface area contributed by atoms with E-state index in [0.29, 0.717) is 31.4 Å². The molecule has 0 aromatic carbocycles. The highest BCUT2D eigenvalue weighted by atomic mass is 16.7. The maximum atomic E-state index is 12.6. The maximum Gasteiger partial charge on any atom is 0.303 e. The molecule has 0 amide bonds. The van der Waals surface area contributed by atoms with Crippen molar-refractivity contribution in [2.24, 2.45) is 50.7 Å². The zero-order valence-corrected chi connectivity index (χ0v) is 32.1. The van der Waals surface area contributed by atoms with E-state index in [4.69, 9.17) is 18.9 Å². The van der Waals surface area contributed by atoms with E-state index < -0.39 is 29.9 Å². The van der Waals surface area contributed by atoms with Crippen molar-refractivity contribution in [1.82, 2.24) is 4.90 Å². The van der Waals surface area contributed by atoms with Gasteiger partial charge >= 0.3 is 5.97 Å². The number of ether oxygens (including phenoxy) is 4. The summed E-state index contributed by atoms with van der Waals surface area (Å²) in [5.74, 6) is 1.03. The van der Waals surface area contributed by atoms with Crippen LogP contribution in [0.2, 0.25) is 0 Å². The average Bonchev–Trinajstić information content (AvgIpc) is 3.65. The van der Waals surface area contributed by atoms with Crippen LogP contribution >= 0.6 is 0 Å². The third-order valence-electron chi connectivity index (χ3n) is 16.7. The Hall–Kier alpha value is -0.810. The van der Waals surface area contributed by atoms with Crippen LogP contribution in [0.25, 0.3) is 0 Å². The first-order valence-electron chi connectivity index (χ1n) is 19.6. The second-order valence-electron chi connectivity index (χ2n) is 20.1. The van der Waals surface area contributed by atoms with Gasteiger partial charge in [0, 0.05) is 24.4 Å². The van der Waals surface area contributed by atoms with Crippen LogP contribution in [0, 0.1) is 50.7 Å². The molecule has 7 rings (SSSR count). The number of aliphatic hydroxyl groups is 3. The van der Waals surface area contributed by atoms with Gasteiger partial charge in [-0.25, -0.2) is 0 Å². The number of hydrogen-bond donors (Lipinski definition) is 3. The minimum absolute atomic E-state index is 0.00244. The van der Waals surface area contributed by atoms with E-state index >= 15 is 0 Å². The Morgan fingerprint density at radius 2 is 1.69 bits per heavy atom. The summed E-state index contributed by atoms with van der Waals surface area (Å²) in [5, 5.41) is 33.6. The number of hydrogen-bond acceptors (Lipinski definition) is 9. The molecule has 14 unspecified atom stereocenters. The summed E-state index contributed by atoms with van der Waals surface area (Å²) in [6.45, 7) is 23.2. The third-order valence-corrected chi connectivity index (χ3v) is 16.7. The highest BCUT2D eigenvalue weighted by Gasteiger charge is 2.84. The molecule has 7 fully saturated rings. The van der Waals surface area contributed by atoms with Crippen LogP contribution in [-0.4, -0.2) is 100 Å². The van der Waals surface area contributed by atoms with Crippen molar-refractivity contribution in [3.05, 3.63) is 0 Å². The smallest absolute Gasteiger partial charge is 0.303 e. The molecule has 5 saturated carbocycles. The van der Waals surface area contributed by atoms with E-state index in [1.807, 2.05) is 0 Å². The lowest BCUT2D eigenvalue weighted by Crippen LogP contribution is -2.60. The Morgan fingerprint density at radius 1 is 1.02 bits per heavy atom. The minimum Gasteiger partial charge on any atom is -0.457 e. The van der Waals surface area contributed by atoms with Crippen molar-refractivity contribution < 1.29 is 39.1 Å². The number of fused-ring (bicyclic) bond motifs is 4. The summed E-state index contributed by atoms with van der Waals surface area (Å²) in [6, 6.07) is 0. The molecule has 0 aromatic heterocycles. The lowest BCUT2D eigenvalue weighted by Gasteiger charge is -2.64. The van der Waals surface area contributed by atoms with E-state index in [1.54, 1.807) is 13.8 Å². The molecular formula is C40H67NO8. The van der Waals surface area contributed by atoms with Crippen molar-refractivity contribution in [3.8, 4) is 0 Å². The highest BCUT2D eigenvalue weighted by Crippen LogP contribution is 2.89. The molecule has 2 heterocycles. The van der Waals surface area contributed by atoms with Gasteiger partial charge in [0.15, 0.2) is 12.4 Å². The van der Waals surface area contributed by atoms with Crippen molar-refractivity contribution in [2.75, 3.05) is 26.3 Å². The number of esters is 1. The van der Waals surface area contributed by atoms with Gasteiger partial charge in [-0.1, -0.05) is 34.6 Å². The minimum atomic E-state index is -1.26. The Labute approximate surface area is 295 Å². The maximum absolute atomic E-state index is 12.6. The van der Waals surface area contributed by atoms with Crippen molar-refractivity contribution in [3.63, 3.8) is 0 Å². The quantitative estimate of drug-likeness (QED) is 0.306. The molecule has 9 heteroatoms. The predicted molar refractivity (Wildman–Crippen MR) is 185 cm³/mol. The first kappa shape index (κ1) is 36.5. The second-order valence-corrected chi connectivity index (χ2v) is 20.1. The molecule has 7 aliphatic rings. The van der Waals surface area contributed by atoms with Gasteiger partial charge in [-0.2, -0.15) is 0 Å². The number of rotatable bonds is 7. The van der Waals surface area contributed by atoms with Crippen LogP contribution in [0.1, 0.15) is 121 Å². The van der Waals surface area contributed by atoms with Crippen molar-refractivity contribution >= 4 is 5.97 Å². The van der Waals surface area contributed by atoms with Gasteiger partial charge in [0.2, 0.25) is 0 Å². The first-order chi connectivity index (χ1) is 22.7. The number of carbonyl (C=O) groups is 1. The Bertz CT molecular complexity index is 1300. The second kappa shape index (κ2) is 11.6. The van der Waals surface area contributed by atoms with E-state index in [0.717, 1.165) is 32.2 Å². The van der Waals surface area contributed by atoms with Gasteiger partial charge in [0.25, 0.3) is 0 Å². The van der Waals surface area contributed by atoms with Crippen LogP contribution in [-0.2, 0) is 23.7 Å². The fraction of sp³-hybridized carbons (Fsp3) is 0.975. The van der Waals surface area contributed by atoms with Crippen LogP contribution in [0.4, 0.5) is 0 Å². The van der Waals surface area contributed by atoms with Gasteiger partial charge < -0.3 is 34.3 Å². The average molecular weight is 690 g/mol. The van der Waals surface area contributed by atoms with Gasteiger partial charge in [-0.3, -0.25) is 9.69 Å². The zero-order valence-electron chi connectivity index (χ0n) is 32.1.